The molecule has 4 nitrogen and oxygen atoms in total. The van der Waals surface area contributed by atoms with Crippen LogP contribution in [-0.4, -0.2) is 35.6 Å². The van der Waals surface area contributed by atoms with Gasteiger partial charge in [-0.05, 0) is 42.3 Å². The van der Waals surface area contributed by atoms with Crippen LogP contribution in [0.1, 0.15) is 18.1 Å². The van der Waals surface area contributed by atoms with E-state index in [-0.39, 0.29) is 29.9 Å². The van der Waals surface area contributed by atoms with Gasteiger partial charge in [-0.3, -0.25) is 9.59 Å². The first-order chi connectivity index (χ1) is 13.3. The molecule has 0 saturated carbocycles. The van der Waals surface area contributed by atoms with Crippen molar-refractivity contribution in [2.45, 2.75) is 25.3 Å². The molecule has 8 heteroatoms. The maximum Gasteiger partial charge on any atom is 0.242 e. The number of carbonyl (C=O) groups is 2. The van der Waals surface area contributed by atoms with Crippen LogP contribution in [0, 0.1) is 5.82 Å². The van der Waals surface area contributed by atoms with Crippen LogP contribution in [-0.2, 0) is 21.9 Å². The minimum absolute atomic E-state index is 0.182. The Labute approximate surface area is 178 Å². The molecule has 2 amide bonds. The van der Waals surface area contributed by atoms with Crippen LogP contribution in [0.2, 0.25) is 10.0 Å². The molecule has 2 rings (SSSR count). The van der Waals surface area contributed by atoms with E-state index >= 15 is 0 Å². The van der Waals surface area contributed by atoms with Gasteiger partial charge in [0.15, 0.2) is 0 Å². The fraction of sp³-hybridized carbons (Fsp3) is 0.300. The van der Waals surface area contributed by atoms with Crippen LogP contribution in [0.4, 0.5) is 4.39 Å². The standard InChI is InChI=1S/C20H21Cl2FN2O2S/c1-13(20(27)24-2)25(10-14-3-7-17(23)8-4-14)19(26)12-28-11-15-5-6-16(21)9-18(15)22/h3-9,13H,10-12H2,1-2H3,(H,24,27). The Morgan fingerprint density at radius 3 is 2.46 bits per heavy atom. The predicted molar refractivity (Wildman–Crippen MR) is 113 cm³/mol. The van der Waals surface area contributed by atoms with Crippen molar-refractivity contribution in [2.75, 3.05) is 12.8 Å². The van der Waals surface area contributed by atoms with E-state index in [1.54, 1.807) is 31.2 Å². The molecule has 0 spiro atoms. The van der Waals surface area contributed by atoms with E-state index < -0.39 is 6.04 Å². The number of rotatable bonds is 8. The third-order valence-corrected chi connectivity index (χ3v) is 5.73. The maximum absolute atomic E-state index is 13.1. The molecule has 0 saturated heterocycles. The molecular formula is C20H21Cl2FN2O2S. The van der Waals surface area contributed by atoms with Gasteiger partial charge in [0.2, 0.25) is 11.8 Å². The molecule has 0 bridgehead atoms. The van der Waals surface area contributed by atoms with E-state index in [4.69, 9.17) is 23.2 Å². The van der Waals surface area contributed by atoms with Gasteiger partial charge in [0, 0.05) is 29.4 Å². The largest absolute Gasteiger partial charge is 0.357 e. The second-order valence-corrected chi connectivity index (χ2v) is 8.00. The van der Waals surface area contributed by atoms with Crippen molar-refractivity contribution < 1.29 is 14.0 Å². The summed E-state index contributed by atoms with van der Waals surface area (Å²) in [5, 5.41) is 3.67. The summed E-state index contributed by atoms with van der Waals surface area (Å²) in [5.41, 5.74) is 1.63. The van der Waals surface area contributed by atoms with Crippen molar-refractivity contribution in [3.8, 4) is 0 Å². The van der Waals surface area contributed by atoms with E-state index in [0.29, 0.717) is 15.8 Å². The van der Waals surface area contributed by atoms with Gasteiger partial charge in [-0.2, -0.15) is 0 Å². The van der Waals surface area contributed by atoms with Crippen molar-refractivity contribution in [2.24, 2.45) is 0 Å². The van der Waals surface area contributed by atoms with Crippen LogP contribution < -0.4 is 5.32 Å². The molecule has 1 N–H and O–H groups in total. The highest BCUT2D eigenvalue weighted by molar-refractivity contribution is 7.99. The number of hydrogen-bond acceptors (Lipinski definition) is 3. The summed E-state index contributed by atoms with van der Waals surface area (Å²) in [5.74, 6) is -0.0739. The first-order valence-electron chi connectivity index (χ1n) is 8.59. The summed E-state index contributed by atoms with van der Waals surface area (Å²) in [6.07, 6.45) is 0. The van der Waals surface area contributed by atoms with Crippen molar-refractivity contribution in [1.82, 2.24) is 10.2 Å². The van der Waals surface area contributed by atoms with Crippen molar-refractivity contribution >= 4 is 46.8 Å². The van der Waals surface area contributed by atoms with Crippen LogP contribution >= 0.6 is 35.0 Å². The second kappa shape index (κ2) is 10.7. The Bertz CT molecular complexity index is 833. The summed E-state index contributed by atoms with van der Waals surface area (Å²) in [6.45, 7) is 1.89. The molecule has 0 aliphatic carbocycles. The fourth-order valence-corrected chi connectivity index (χ4v) is 4.02. The van der Waals surface area contributed by atoms with E-state index in [1.165, 1.54) is 35.8 Å². The fourth-order valence-electron chi connectivity index (χ4n) is 2.55. The smallest absolute Gasteiger partial charge is 0.242 e. The van der Waals surface area contributed by atoms with Crippen LogP contribution in [0.3, 0.4) is 0 Å². The lowest BCUT2D eigenvalue weighted by Crippen LogP contribution is -2.47. The molecule has 0 fully saturated rings. The number of amides is 2. The van der Waals surface area contributed by atoms with Gasteiger partial charge in [-0.1, -0.05) is 41.4 Å². The SMILES string of the molecule is CNC(=O)C(C)N(Cc1ccc(F)cc1)C(=O)CSCc1ccc(Cl)cc1Cl. The highest BCUT2D eigenvalue weighted by Crippen LogP contribution is 2.25. The number of benzene rings is 2. The van der Waals surface area contributed by atoms with Crippen molar-refractivity contribution in [1.29, 1.82) is 0 Å². The van der Waals surface area contributed by atoms with Crippen molar-refractivity contribution in [3.63, 3.8) is 0 Å². The lowest BCUT2D eigenvalue weighted by atomic mass is 10.1. The number of halogens is 3. The summed E-state index contributed by atoms with van der Waals surface area (Å²) in [6, 6.07) is 10.5. The van der Waals surface area contributed by atoms with Gasteiger partial charge in [0.25, 0.3) is 0 Å². The Morgan fingerprint density at radius 1 is 1.18 bits per heavy atom. The molecule has 0 heterocycles. The van der Waals surface area contributed by atoms with Gasteiger partial charge in [0.05, 0.1) is 5.75 Å². The topological polar surface area (TPSA) is 49.4 Å². The Kier molecular flexibility index (Phi) is 8.60. The summed E-state index contributed by atoms with van der Waals surface area (Å²) in [7, 11) is 1.52. The van der Waals surface area contributed by atoms with Crippen LogP contribution in [0.25, 0.3) is 0 Å². The summed E-state index contributed by atoms with van der Waals surface area (Å²) < 4.78 is 13.1. The zero-order valence-corrected chi connectivity index (χ0v) is 17.9. The predicted octanol–water partition coefficient (Wildman–Crippen LogP) is 4.53. The summed E-state index contributed by atoms with van der Waals surface area (Å²) in [4.78, 5) is 26.4. The first kappa shape index (κ1) is 22.5. The normalized spacial score (nSPS) is 11.8. The first-order valence-corrected chi connectivity index (χ1v) is 10.5. The Hall–Kier alpha value is -1.76. The molecule has 150 valence electrons. The molecule has 0 aromatic heterocycles. The lowest BCUT2D eigenvalue weighted by Gasteiger charge is -2.28. The van der Waals surface area contributed by atoms with E-state index in [2.05, 4.69) is 5.32 Å². The highest BCUT2D eigenvalue weighted by Gasteiger charge is 2.25. The summed E-state index contributed by atoms with van der Waals surface area (Å²) >= 11 is 13.5. The third-order valence-electron chi connectivity index (χ3n) is 4.18. The number of hydrogen-bond donors (Lipinski definition) is 1. The minimum Gasteiger partial charge on any atom is -0.357 e. The maximum atomic E-state index is 13.1. The second-order valence-electron chi connectivity index (χ2n) is 6.17. The number of carbonyl (C=O) groups excluding carboxylic acids is 2. The Morgan fingerprint density at radius 2 is 1.86 bits per heavy atom. The molecular weight excluding hydrogens is 422 g/mol. The van der Waals surface area contributed by atoms with Crippen molar-refractivity contribution in [3.05, 3.63) is 69.5 Å². The number of nitrogens with zero attached hydrogens (tertiary/aromatic N) is 1. The lowest BCUT2D eigenvalue weighted by molar-refractivity contribution is -0.138. The van der Waals surface area contributed by atoms with Gasteiger partial charge in [-0.15, -0.1) is 11.8 Å². The Balaban J connectivity index is 2.05. The van der Waals surface area contributed by atoms with Gasteiger partial charge < -0.3 is 10.2 Å². The third kappa shape index (κ3) is 6.40. The average molecular weight is 443 g/mol. The quantitative estimate of drug-likeness (QED) is 0.653. The molecule has 2 aromatic carbocycles. The van der Waals surface area contributed by atoms with Gasteiger partial charge >= 0.3 is 0 Å². The molecule has 1 unspecified atom stereocenters. The van der Waals surface area contributed by atoms with Crippen LogP contribution in [0.5, 0.6) is 0 Å². The highest BCUT2D eigenvalue weighted by atomic mass is 35.5. The molecule has 0 radical (unpaired) electrons. The molecule has 0 aliphatic heterocycles. The molecule has 2 aromatic rings. The van der Waals surface area contributed by atoms with E-state index in [0.717, 1.165) is 11.1 Å². The molecule has 28 heavy (non-hydrogen) atoms. The zero-order valence-electron chi connectivity index (χ0n) is 15.5. The van der Waals surface area contributed by atoms with Crippen LogP contribution in [0.15, 0.2) is 42.5 Å². The average Bonchev–Trinajstić information content (AvgIpc) is 2.67. The number of likely N-dealkylation sites (N-methyl/N-ethyl adjacent to an activating group) is 1. The monoisotopic (exact) mass is 442 g/mol. The van der Waals surface area contributed by atoms with E-state index in [1.807, 2.05) is 6.07 Å². The number of thioether (sulfide) groups is 1. The minimum atomic E-state index is -0.651. The zero-order chi connectivity index (χ0) is 20.7. The van der Waals surface area contributed by atoms with E-state index in [9.17, 15) is 14.0 Å². The van der Waals surface area contributed by atoms with Gasteiger partial charge in [-0.25, -0.2) is 4.39 Å². The molecule has 1 atom stereocenters. The van der Waals surface area contributed by atoms with Gasteiger partial charge in [0.1, 0.15) is 11.9 Å². The number of nitrogens with one attached hydrogen (secondary N) is 1. The molecule has 0 aliphatic rings.